The van der Waals surface area contributed by atoms with Gasteiger partial charge in [0.1, 0.15) is 0 Å². The Hall–Kier alpha value is -4.02. The van der Waals surface area contributed by atoms with E-state index < -0.39 is 0 Å². The van der Waals surface area contributed by atoms with Gasteiger partial charge < -0.3 is 9.97 Å². The Kier molecular flexibility index (Phi) is 5.12. The zero-order valence-electron chi connectivity index (χ0n) is 20.9. The van der Waals surface area contributed by atoms with Gasteiger partial charge in [0.05, 0.1) is 23.3 Å². The summed E-state index contributed by atoms with van der Waals surface area (Å²) in [6.07, 6.45) is 8.08. The first-order chi connectivity index (χ1) is 18.2. The van der Waals surface area contributed by atoms with Crippen LogP contribution < -0.4 is 0 Å². The normalized spacial score (nSPS) is 25.8. The van der Waals surface area contributed by atoms with Gasteiger partial charge in [0.25, 0.3) is 0 Å². The number of nitriles is 2. The van der Waals surface area contributed by atoms with E-state index in [-0.39, 0.29) is 11.3 Å². The van der Waals surface area contributed by atoms with Crippen molar-refractivity contribution in [3.8, 4) is 34.7 Å². The average Bonchev–Trinajstić information content (AvgIpc) is 3.58. The van der Waals surface area contributed by atoms with Gasteiger partial charge >= 0.3 is 0 Å². The van der Waals surface area contributed by atoms with Crippen LogP contribution in [-0.2, 0) is 0 Å². The highest BCUT2D eigenvalue weighted by atomic mass is 14.8. The second kappa shape index (κ2) is 8.53. The summed E-state index contributed by atoms with van der Waals surface area (Å²) in [4.78, 5) is 7.55. The van der Waals surface area contributed by atoms with Gasteiger partial charge in [-0.1, -0.05) is 36.4 Å². The van der Waals surface area contributed by atoms with Crippen LogP contribution >= 0.6 is 0 Å². The summed E-state index contributed by atoms with van der Waals surface area (Å²) in [6.45, 7) is 0. The van der Waals surface area contributed by atoms with E-state index in [4.69, 9.17) is 0 Å². The van der Waals surface area contributed by atoms with Crippen molar-refractivity contribution in [2.75, 3.05) is 0 Å². The Labute approximate surface area is 218 Å². The standard InChI is InChI=1S/C33H30N4/c34-19-24-5-1-3-7-26(24)28-9-11-30(36-28)32(33-16-21-13-22(17-33)15-23(14-21)18-33)31-12-10-29(37-31)27-8-4-2-6-25(27)20-35/h1-12,21-23,32,36-37H,13-18H2. The molecule has 8 rings (SSSR count). The zero-order chi connectivity index (χ0) is 25.0. The maximum absolute atomic E-state index is 9.69. The number of nitrogens with one attached hydrogen (secondary N) is 2. The summed E-state index contributed by atoms with van der Waals surface area (Å²) >= 11 is 0. The van der Waals surface area contributed by atoms with Gasteiger partial charge in [-0.25, -0.2) is 0 Å². The first-order valence-electron chi connectivity index (χ1n) is 13.5. The third-order valence-corrected chi connectivity index (χ3v) is 9.41. The van der Waals surface area contributed by atoms with E-state index in [0.717, 1.165) is 40.3 Å². The monoisotopic (exact) mass is 482 g/mol. The van der Waals surface area contributed by atoms with E-state index in [9.17, 15) is 10.5 Å². The van der Waals surface area contributed by atoms with Crippen LogP contribution in [0.1, 0.15) is 67.0 Å². The predicted octanol–water partition coefficient (Wildman–Crippen LogP) is 7.77. The first-order valence-corrected chi connectivity index (χ1v) is 13.5. The molecule has 2 aromatic heterocycles. The maximum atomic E-state index is 9.69. The summed E-state index contributed by atoms with van der Waals surface area (Å²) in [5, 5.41) is 19.4. The van der Waals surface area contributed by atoms with Gasteiger partial charge in [0.15, 0.2) is 0 Å². The number of hydrogen-bond donors (Lipinski definition) is 2. The zero-order valence-corrected chi connectivity index (χ0v) is 20.9. The maximum Gasteiger partial charge on any atom is 0.0998 e. The molecule has 4 heteroatoms. The largest absolute Gasteiger partial charge is 0.358 e. The lowest BCUT2D eigenvalue weighted by molar-refractivity contribution is -0.0629. The van der Waals surface area contributed by atoms with Crippen molar-refractivity contribution in [3.05, 3.63) is 95.3 Å². The number of nitrogens with zero attached hydrogens (tertiary/aromatic N) is 2. The third kappa shape index (κ3) is 3.63. The molecule has 4 aliphatic rings. The molecule has 37 heavy (non-hydrogen) atoms. The minimum Gasteiger partial charge on any atom is -0.358 e. The summed E-state index contributed by atoms with van der Waals surface area (Å²) in [6, 6.07) is 29.2. The highest BCUT2D eigenvalue weighted by molar-refractivity contribution is 5.69. The van der Waals surface area contributed by atoms with Gasteiger partial charge in [-0.3, -0.25) is 0 Å². The van der Waals surface area contributed by atoms with Crippen LogP contribution in [0.25, 0.3) is 22.5 Å². The molecule has 0 unspecified atom stereocenters. The SMILES string of the molecule is N#Cc1ccccc1-c1ccc(C(c2ccc(-c3ccccc3C#N)[nH]2)C23CC4CC(CC(C4)C2)C3)[nH]1. The topological polar surface area (TPSA) is 79.2 Å². The number of hydrogen-bond acceptors (Lipinski definition) is 2. The lowest BCUT2D eigenvalue weighted by Crippen LogP contribution is -2.49. The van der Waals surface area contributed by atoms with Gasteiger partial charge in [-0.2, -0.15) is 10.5 Å². The highest BCUT2D eigenvalue weighted by Gasteiger charge is 2.55. The number of aromatic amines is 2. The van der Waals surface area contributed by atoms with E-state index in [1.54, 1.807) is 0 Å². The molecule has 4 aromatic rings. The third-order valence-electron chi connectivity index (χ3n) is 9.41. The Bertz CT molecular complexity index is 1420. The molecule has 0 radical (unpaired) electrons. The summed E-state index contributed by atoms with van der Waals surface area (Å²) in [5.74, 6) is 2.76. The molecular formula is C33H30N4. The fraction of sp³-hybridized carbons (Fsp3) is 0.333. The van der Waals surface area contributed by atoms with Crippen LogP contribution in [0, 0.1) is 45.8 Å². The first kappa shape index (κ1) is 22.2. The van der Waals surface area contributed by atoms with E-state index in [1.807, 2.05) is 48.5 Å². The van der Waals surface area contributed by atoms with Crippen molar-refractivity contribution in [2.24, 2.45) is 23.2 Å². The van der Waals surface area contributed by atoms with E-state index in [0.29, 0.717) is 11.1 Å². The number of rotatable bonds is 5. The van der Waals surface area contributed by atoms with Crippen molar-refractivity contribution in [2.45, 2.75) is 44.4 Å². The lowest BCUT2D eigenvalue weighted by Gasteiger charge is -2.59. The molecule has 0 spiro atoms. The van der Waals surface area contributed by atoms with Crippen LogP contribution in [-0.4, -0.2) is 9.97 Å². The fourth-order valence-corrected chi connectivity index (χ4v) is 8.46. The second-order valence-corrected chi connectivity index (χ2v) is 11.7. The summed E-state index contributed by atoms with van der Waals surface area (Å²) < 4.78 is 0. The summed E-state index contributed by atoms with van der Waals surface area (Å²) in [5.41, 5.74) is 7.99. The van der Waals surface area contributed by atoms with Crippen molar-refractivity contribution in [3.63, 3.8) is 0 Å². The predicted molar refractivity (Wildman–Crippen MR) is 144 cm³/mol. The second-order valence-electron chi connectivity index (χ2n) is 11.7. The molecule has 4 saturated carbocycles. The molecule has 4 fully saturated rings. The summed E-state index contributed by atoms with van der Waals surface area (Å²) in [7, 11) is 0. The Balaban J connectivity index is 1.35. The molecular weight excluding hydrogens is 452 g/mol. The van der Waals surface area contributed by atoms with Crippen LogP contribution in [0.2, 0.25) is 0 Å². The highest BCUT2D eigenvalue weighted by Crippen LogP contribution is 2.65. The molecule has 0 saturated heterocycles. The van der Waals surface area contributed by atoms with Crippen LogP contribution in [0.15, 0.2) is 72.8 Å². The van der Waals surface area contributed by atoms with Crippen LogP contribution in [0.4, 0.5) is 0 Å². The number of H-pyrrole nitrogens is 2. The molecule has 2 heterocycles. The Morgan fingerprint density at radius 2 is 1.05 bits per heavy atom. The lowest BCUT2D eigenvalue weighted by atomic mass is 9.46. The Morgan fingerprint density at radius 1 is 0.622 bits per heavy atom. The molecule has 0 atom stereocenters. The van der Waals surface area contributed by atoms with Gasteiger partial charge in [-0.15, -0.1) is 0 Å². The Morgan fingerprint density at radius 3 is 1.49 bits per heavy atom. The van der Waals surface area contributed by atoms with Gasteiger partial charge in [-0.05, 0) is 98.1 Å². The van der Waals surface area contributed by atoms with E-state index in [2.05, 4.69) is 46.4 Å². The molecule has 0 aliphatic heterocycles. The molecule has 2 aromatic carbocycles. The molecule has 2 N–H and O–H groups in total. The molecule has 4 nitrogen and oxygen atoms in total. The van der Waals surface area contributed by atoms with Crippen molar-refractivity contribution in [1.29, 1.82) is 10.5 Å². The van der Waals surface area contributed by atoms with E-state index >= 15 is 0 Å². The average molecular weight is 483 g/mol. The van der Waals surface area contributed by atoms with Crippen LogP contribution in [0.3, 0.4) is 0 Å². The number of aromatic nitrogens is 2. The van der Waals surface area contributed by atoms with Crippen LogP contribution in [0.5, 0.6) is 0 Å². The van der Waals surface area contributed by atoms with Gasteiger partial charge in [0.2, 0.25) is 0 Å². The quantitative estimate of drug-likeness (QED) is 0.305. The minimum atomic E-state index is 0.229. The van der Waals surface area contributed by atoms with Crippen molar-refractivity contribution < 1.29 is 0 Å². The fourth-order valence-electron chi connectivity index (χ4n) is 8.46. The number of benzene rings is 2. The molecule has 0 amide bonds. The minimum absolute atomic E-state index is 0.229. The smallest absolute Gasteiger partial charge is 0.0998 e. The molecule has 182 valence electrons. The molecule has 4 bridgehead atoms. The molecule has 4 aliphatic carbocycles. The van der Waals surface area contributed by atoms with E-state index in [1.165, 1.54) is 49.9 Å². The van der Waals surface area contributed by atoms with Crippen molar-refractivity contribution >= 4 is 0 Å². The van der Waals surface area contributed by atoms with Crippen molar-refractivity contribution in [1.82, 2.24) is 9.97 Å². The van der Waals surface area contributed by atoms with Gasteiger partial charge in [0, 0.05) is 39.8 Å².